The van der Waals surface area contributed by atoms with Gasteiger partial charge in [0.15, 0.2) is 0 Å². The van der Waals surface area contributed by atoms with Crippen molar-refractivity contribution in [1.82, 2.24) is 14.4 Å². The standard InChI is InChI=1S/C15H10FN3/c1-9-17-12-7-6-10(16)8-11(12)15-18-13-4-2-3-5-14(13)19(9)15/h2-8H,1H3. The molecule has 2 aromatic heterocycles. The lowest BCUT2D eigenvalue weighted by molar-refractivity contribution is 0.629. The minimum Gasteiger partial charge on any atom is -0.280 e. The van der Waals surface area contributed by atoms with E-state index in [0.717, 1.165) is 33.4 Å². The van der Waals surface area contributed by atoms with Gasteiger partial charge in [-0.1, -0.05) is 12.1 Å². The molecule has 4 aromatic rings. The molecule has 0 fully saturated rings. The van der Waals surface area contributed by atoms with Crippen LogP contribution in [0.15, 0.2) is 42.5 Å². The Kier molecular flexibility index (Phi) is 1.93. The summed E-state index contributed by atoms with van der Waals surface area (Å²) in [6, 6.07) is 12.5. The average Bonchev–Trinajstić information content (AvgIpc) is 2.80. The van der Waals surface area contributed by atoms with E-state index < -0.39 is 0 Å². The Morgan fingerprint density at radius 1 is 1.00 bits per heavy atom. The fraction of sp³-hybridized carbons (Fsp3) is 0.0667. The van der Waals surface area contributed by atoms with Gasteiger partial charge in [0, 0.05) is 5.39 Å². The number of aryl methyl sites for hydroxylation is 1. The van der Waals surface area contributed by atoms with E-state index in [2.05, 4.69) is 9.97 Å². The van der Waals surface area contributed by atoms with E-state index in [1.54, 1.807) is 6.07 Å². The summed E-state index contributed by atoms with van der Waals surface area (Å²) in [7, 11) is 0. The highest BCUT2D eigenvalue weighted by Crippen LogP contribution is 2.24. The second kappa shape index (κ2) is 3.51. The molecule has 0 saturated carbocycles. The summed E-state index contributed by atoms with van der Waals surface area (Å²) >= 11 is 0. The smallest absolute Gasteiger partial charge is 0.148 e. The Bertz CT molecular complexity index is 940. The van der Waals surface area contributed by atoms with Gasteiger partial charge in [0.25, 0.3) is 0 Å². The van der Waals surface area contributed by atoms with Crippen LogP contribution in [0.2, 0.25) is 0 Å². The largest absolute Gasteiger partial charge is 0.280 e. The van der Waals surface area contributed by atoms with E-state index >= 15 is 0 Å². The van der Waals surface area contributed by atoms with Gasteiger partial charge in [0.05, 0.1) is 16.6 Å². The van der Waals surface area contributed by atoms with E-state index in [1.165, 1.54) is 12.1 Å². The zero-order valence-electron chi connectivity index (χ0n) is 10.3. The molecule has 0 spiro atoms. The lowest BCUT2D eigenvalue weighted by Crippen LogP contribution is -1.97. The van der Waals surface area contributed by atoms with E-state index in [-0.39, 0.29) is 5.82 Å². The van der Waals surface area contributed by atoms with Crippen LogP contribution in [0.4, 0.5) is 4.39 Å². The topological polar surface area (TPSA) is 30.2 Å². The maximum Gasteiger partial charge on any atom is 0.148 e. The molecule has 2 aromatic carbocycles. The first kappa shape index (κ1) is 10.4. The van der Waals surface area contributed by atoms with Gasteiger partial charge < -0.3 is 0 Å². The first-order chi connectivity index (χ1) is 9.24. The Morgan fingerprint density at radius 2 is 1.84 bits per heavy atom. The van der Waals surface area contributed by atoms with Crippen LogP contribution in [0.3, 0.4) is 0 Å². The lowest BCUT2D eigenvalue weighted by atomic mass is 10.2. The Labute approximate surface area is 108 Å². The number of benzene rings is 2. The minimum atomic E-state index is -0.271. The lowest BCUT2D eigenvalue weighted by Gasteiger charge is -2.04. The van der Waals surface area contributed by atoms with Crippen LogP contribution in [-0.4, -0.2) is 14.4 Å². The third-order valence-electron chi connectivity index (χ3n) is 3.37. The number of imidazole rings is 1. The van der Waals surface area contributed by atoms with Gasteiger partial charge in [0.1, 0.15) is 17.3 Å². The highest BCUT2D eigenvalue weighted by atomic mass is 19.1. The Balaban J connectivity index is 2.35. The molecule has 19 heavy (non-hydrogen) atoms. The third-order valence-corrected chi connectivity index (χ3v) is 3.37. The monoisotopic (exact) mass is 251 g/mol. The van der Waals surface area contributed by atoms with Crippen molar-refractivity contribution in [3.63, 3.8) is 0 Å². The fourth-order valence-corrected chi connectivity index (χ4v) is 2.54. The Hall–Kier alpha value is -2.49. The van der Waals surface area contributed by atoms with Gasteiger partial charge in [-0.3, -0.25) is 4.40 Å². The van der Waals surface area contributed by atoms with Crippen molar-refractivity contribution >= 4 is 27.6 Å². The molecule has 4 heteroatoms. The van der Waals surface area contributed by atoms with Crippen molar-refractivity contribution in [2.45, 2.75) is 6.92 Å². The van der Waals surface area contributed by atoms with E-state index in [1.807, 2.05) is 35.6 Å². The minimum absolute atomic E-state index is 0.271. The molecule has 92 valence electrons. The first-order valence-corrected chi connectivity index (χ1v) is 6.07. The Morgan fingerprint density at radius 3 is 2.74 bits per heavy atom. The van der Waals surface area contributed by atoms with Crippen molar-refractivity contribution in [3.05, 3.63) is 54.1 Å². The molecule has 3 nitrogen and oxygen atoms in total. The molecule has 0 aliphatic carbocycles. The molecule has 4 rings (SSSR count). The van der Waals surface area contributed by atoms with Crippen LogP contribution < -0.4 is 0 Å². The van der Waals surface area contributed by atoms with Crippen LogP contribution in [-0.2, 0) is 0 Å². The second-order valence-electron chi connectivity index (χ2n) is 4.58. The molecule has 0 aliphatic heterocycles. The van der Waals surface area contributed by atoms with Crippen molar-refractivity contribution in [3.8, 4) is 0 Å². The number of hydrogen-bond donors (Lipinski definition) is 0. The molecule has 2 heterocycles. The molecule has 0 saturated heterocycles. The predicted octanol–water partition coefficient (Wildman–Crippen LogP) is 3.48. The molecule has 0 atom stereocenters. The van der Waals surface area contributed by atoms with Crippen molar-refractivity contribution in [2.24, 2.45) is 0 Å². The number of aromatic nitrogens is 3. The third kappa shape index (κ3) is 1.37. The zero-order valence-corrected chi connectivity index (χ0v) is 10.3. The van der Waals surface area contributed by atoms with Crippen LogP contribution in [0.1, 0.15) is 5.82 Å². The van der Waals surface area contributed by atoms with Crippen molar-refractivity contribution in [2.75, 3.05) is 0 Å². The average molecular weight is 251 g/mol. The van der Waals surface area contributed by atoms with Crippen LogP contribution in [0, 0.1) is 12.7 Å². The molecule has 0 amide bonds. The van der Waals surface area contributed by atoms with Crippen LogP contribution >= 0.6 is 0 Å². The number of nitrogens with zero attached hydrogens (tertiary/aromatic N) is 3. The quantitative estimate of drug-likeness (QED) is 0.479. The van der Waals surface area contributed by atoms with Crippen molar-refractivity contribution < 1.29 is 4.39 Å². The number of hydrogen-bond acceptors (Lipinski definition) is 2. The normalized spacial score (nSPS) is 11.7. The number of fused-ring (bicyclic) bond motifs is 5. The van der Waals surface area contributed by atoms with Gasteiger partial charge in [0.2, 0.25) is 0 Å². The number of rotatable bonds is 0. The predicted molar refractivity (Wildman–Crippen MR) is 72.7 cm³/mol. The summed E-state index contributed by atoms with van der Waals surface area (Å²) in [6.45, 7) is 1.93. The van der Waals surface area contributed by atoms with Gasteiger partial charge in [-0.2, -0.15) is 0 Å². The molecule has 0 bridgehead atoms. The van der Waals surface area contributed by atoms with Gasteiger partial charge in [-0.05, 0) is 37.3 Å². The maximum absolute atomic E-state index is 13.5. The summed E-state index contributed by atoms with van der Waals surface area (Å²) in [4.78, 5) is 9.13. The number of para-hydroxylation sites is 2. The zero-order chi connectivity index (χ0) is 13.0. The molecule has 0 radical (unpaired) electrons. The SMILES string of the molecule is Cc1nc2ccc(F)cc2c2nc3ccccc3n12. The van der Waals surface area contributed by atoms with Gasteiger partial charge in [-0.25, -0.2) is 14.4 Å². The number of halogens is 1. The summed E-state index contributed by atoms with van der Waals surface area (Å²) in [5.41, 5.74) is 3.41. The maximum atomic E-state index is 13.5. The molecule has 0 unspecified atom stereocenters. The summed E-state index contributed by atoms with van der Waals surface area (Å²) in [5, 5.41) is 0.738. The fourth-order valence-electron chi connectivity index (χ4n) is 2.54. The van der Waals surface area contributed by atoms with Crippen LogP contribution in [0.25, 0.3) is 27.6 Å². The summed E-state index contributed by atoms with van der Waals surface area (Å²) in [5.74, 6) is 0.579. The molecule has 0 N–H and O–H groups in total. The van der Waals surface area contributed by atoms with E-state index in [0.29, 0.717) is 0 Å². The first-order valence-electron chi connectivity index (χ1n) is 6.07. The summed E-state index contributed by atoms with van der Waals surface area (Å²) in [6.07, 6.45) is 0. The van der Waals surface area contributed by atoms with E-state index in [4.69, 9.17) is 0 Å². The summed E-state index contributed by atoms with van der Waals surface area (Å²) < 4.78 is 15.4. The van der Waals surface area contributed by atoms with E-state index in [9.17, 15) is 4.39 Å². The second-order valence-corrected chi connectivity index (χ2v) is 4.58. The van der Waals surface area contributed by atoms with Gasteiger partial charge in [-0.15, -0.1) is 0 Å². The van der Waals surface area contributed by atoms with Crippen molar-refractivity contribution in [1.29, 1.82) is 0 Å². The molecular weight excluding hydrogens is 241 g/mol. The highest BCUT2D eigenvalue weighted by Gasteiger charge is 2.11. The van der Waals surface area contributed by atoms with Crippen LogP contribution in [0.5, 0.6) is 0 Å². The molecule has 0 aliphatic rings. The molecular formula is C15H10FN3. The highest BCUT2D eigenvalue weighted by molar-refractivity contribution is 5.96. The van der Waals surface area contributed by atoms with Gasteiger partial charge >= 0.3 is 0 Å².